The van der Waals surface area contributed by atoms with Gasteiger partial charge in [-0.25, -0.2) is 0 Å². The molecular weight excluding hydrogens is 264 g/mol. The first-order valence-corrected chi connectivity index (χ1v) is 7.08. The molecule has 0 aromatic heterocycles. The number of aliphatic hydroxyl groups is 1. The lowest BCUT2D eigenvalue weighted by atomic mass is 9.91. The molecule has 2 atom stereocenters. The summed E-state index contributed by atoms with van der Waals surface area (Å²) in [6, 6.07) is 19.4. The number of ether oxygens (including phenoxy) is 1. The van der Waals surface area contributed by atoms with Crippen molar-refractivity contribution in [2.24, 2.45) is 0 Å². The minimum atomic E-state index is -0.346. The van der Waals surface area contributed by atoms with Gasteiger partial charge in [0, 0.05) is 12.8 Å². The SMILES string of the molecule is CC(=O)O[C@@H](C[C@H](CO)c1ccccc1)c1ccccc1. The Morgan fingerprint density at radius 3 is 2.00 bits per heavy atom. The van der Waals surface area contributed by atoms with Crippen molar-refractivity contribution in [2.45, 2.75) is 25.4 Å². The summed E-state index contributed by atoms with van der Waals surface area (Å²) in [7, 11) is 0. The minimum absolute atomic E-state index is 0.0224. The van der Waals surface area contributed by atoms with Crippen molar-refractivity contribution in [3.8, 4) is 0 Å². The van der Waals surface area contributed by atoms with E-state index in [2.05, 4.69) is 0 Å². The molecule has 0 radical (unpaired) electrons. The molecule has 0 saturated heterocycles. The number of hydrogen-bond donors (Lipinski definition) is 1. The zero-order valence-electron chi connectivity index (χ0n) is 12.1. The van der Waals surface area contributed by atoms with Gasteiger partial charge in [0.1, 0.15) is 6.10 Å². The molecule has 0 aliphatic heterocycles. The van der Waals surface area contributed by atoms with Crippen LogP contribution in [0.25, 0.3) is 0 Å². The maximum absolute atomic E-state index is 11.3. The third-order valence-electron chi connectivity index (χ3n) is 3.47. The molecule has 110 valence electrons. The summed E-state index contributed by atoms with van der Waals surface area (Å²) in [6.45, 7) is 1.43. The second kappa shape index (κ2) is 7.60. The van der Waals surface area contributed by atoms with E-state index in [1.165, 1.54) is 6.92 Å². The summed E-state index contributed by atoms with van der Waals surface area (Å²) in [6.07, 6.45) is 0.213. The third kappa shape index (κ3) is 4.43. The van der Waals surface area contributed by atoms with Gasteiger partial charge in [0.05, 0.1) is 6.61 Å². The summed E-state index contributed by atoms with van der Waals surface area (Å²) in [5.74, 6) is -0.371. The predicted octanol–water partition coefficient (Wildman–Crippen LogP) is 3.46. The van der Waals surface area contributed by atoms with Crippen LogP contribution >= 0.6 is 0 Å². The highest BCUT2D eigenvalue weighted by molar-refractivity contribution is 5.66. The Morgan fingerprint density at radius 2 is 1.52 bits per heavy atom. The fourth-order valence-electron chi connectivity index (χ4n) is 2.42. The van der Waals surface area contributed by atoms with Crippen LogP contribution in [0, 0.1) is 0 Å². The number of hydrogen-bond acceptors (Lipinski definition) is 3. The van der Waals surface area contributed by atoms with E-state index in [0.29, 0.717) is 6.42 Å². The Kier molecular flexibility index (Phi) is 5.52. The molecule has 0 saturated carbocycles. The molecule has 0 bridgehead atoms. The minimum Gasteiger partial charge on any atom is -0.458 e. The first-order chi connectivity index (χ1) is 10.2. The summed E-state index contributed by atoms with van der Waals surface area (Å²) in [5.41, 5.74) is 2.00. The number of carbonyl (C=O) groups is 1. The quantitative estimate of drug-likeness (QED) is 0.826. The lowest BCUT2D eigenvalue weighted by Gasteiger charge is -2.23. The van der Waals surface area contributed by atoms with Crippen molar-refractivity contribution in [1.29, 1.82) is 0 Å². The smallest absolute Gasteiger partial charge is 0.303 e. The Balaban J connectivity index is 2.19. The van der Waals surface area contributed by atoms with Crippen LogP contribution < -0.4 is 0 Å². The molecule has 0 heterocycles. The molecule has 2 aromatic carbocycles. The molecular formula is C18H20O3. The molecule has 0 aliphatic carbocycles. The summed E-state index contributed by atoms with van der Waals surface area (Å²) in [5, 5.41) is 9.67. The van der Waals surface area contributed by atoms with Gasteiger partial charge in [-0.2, -0.15) is 0 Å². The fourth-order valence-corrected chi connectivity index (χ4v) is 2.42. The maximum atomic E-state index is 11.3. The lowest BCUT2D eigenvalue weighted by Crippen LogP contribution is -2.15. The van der Waals surface area contributed by atoms with Gasteiger partial charge < -0.3 is 9.84 Å². The van der Waals surface area contributed by atoms with E-state index < -0.39 is 0 Å². The normalized spacial score (nSPS) is 13.4. The van der Waals surface area contributed by atoms with Crippen LogP contribution in [-0.4, -0.2) is 17.7 Å². The van der Waals surface area contributed by atoms with E-state index in [4.69, 9.17) is 4.74 Å². The largest absolute Gasteiger partial charge is 0.458 e. The molecule has 2 aromatic rings. The molecule has 0 spiro atoms. The van der Waals surface area contributed by atoms with Crippen molar-refractivity contribution in [2.75, 3.05) is 6.61 Å². The first kappa shape index (κ1) is 15.3. The van der Waals surface area contributed by atoms with Crippen LogP contribution in [0.5, 0.6) is 0 Å². The van der Waals surface area contributed by atoms with Crippen LogP contribution in [0.3, 0.4) is 0 Å². The van der Waals surface area contributed by atoms with Crippen molar-refractivity contribution >= 4 is 5.97 Å². The van der Waals surface area contributed by atoms with Crippen LogP contribution in [-0.2, 0) is 9.53 Å². The molecule has 2 rings (SSSR count). The molecule has 3 heteroatoms. The number of esters is 1. The van der Waals surface area contributed by atoms with Gasteiger partial charge in [-0.1, -0.05) is 60.7 Å². The average molecular weight is 284 g/mol. The standard InChI is InChI=1S/C18H20O3/c1-14(20)21-18(16-10-6-3-7-11-16)12-17(13-19)15-8-4-2-5-9-15/h2-11,17-19H,12-13H2,1H3/t17-,18+/m1/s1. The van der Waals surface area contributed by atoms with Crippen molar-refractivity contribution in [3.63, 3.8) is 0 Å². The predicted molar refractivity (Wildman–Crippen MR) is 81.8 cm³/mol. The van der Waals surface area contributed by atoms with Gasteiger partial charge in [-0.3, -0.25) is 4.79 Å². The molecule has 0 unspecified atom stereocenters. The van der Waals surface area contributed by atoms with Gasteiger partial charge in [0.25, 0.3) is 0 Å². The van der Waals surface area contributed by atoms with Gasteiger partial charge in [-0.15, -0.1) is 0 Å². The van der Waals surface area contributed by atoms with Crippen molar-refractivity contribution in [1.82, 2.24) is 0 Å². The maximum Gasteiger partial charge on any atom is 0.303 e. The highest BCUT2D eigenvalue weighted by Crippen LogP contribution is 2.30. The van der Waals surface area contributed by atoms with E-state index in [0.717, 1.165) is 11.1 Å². The number of rotatable bonds is 6. The van der Waals surface area contributed by atoms with Crippen molar-refractivity contribution < 1.29 is 14.6 Å². The Hall–Kier alpha value is -2.13. The van der Waals surface area contributed by atoms with Crippen LogP contribution in [0.2, 0.25) is 0 Å². The molecule has 21 heavy (non-hydrogen) atoms. The lowest BCUT2D eigenvalue weighted by molar-refractivity contribution is -0.147. The Morgan fingerprint density at radius 1 is 1.00 bits per heavy atom. The summed E-state index contributed by atoms with van der Waals surface area (Å²) < 4.78 is 5.44. The highest BCUT2D eigenvalue weighted by Gasteiger charge is 2.21. The molecule has 1 N–H and O–H groups in total. The second-order valence-corrected chi connectivity index (χ2v) is 5.03. The van der Waals surface area contributed by atoms with Crippen molar-refractivity contribution in [3.05, 3.63) is 71.8 Å². The van der Waals surface area contributed by atoms with E-state index in [1.54, 1.807) is 0 Å². The van der Waals surface area contributed by atoms with Gasteiger partial charge >= 0.3 is 5.97 Å². The van der Waals surface area contributed by atoms with Crippen LogP contribution in [0.4, 0.5) is 0 Å². The van der Waals surface area contributed by atoms with Gasteiger partial charge in [0.15, 0.2) is 0 Å². The first-order valence-electron chi connectivity index (χ1n) is 7.08. The second-order valence-electron chi connectivity index (χ2n) is 5.03. The molecule has 0 fully saturated rings. The van der Waals surface area contributed by atoms with E-state index in [9.17, 15) is 9.90 Å². The monoisotopic (exact) mass is 284 g/mol. The van der Waals surface area contributed by atoms with E-state index >= 15 is 0 Å². The molecule has 0 amide bonds. The average Bonchev–Trinajstić information content (AvgIpc) is 2.52. The van der Waals surface area contributed by atoms with Crippen LogP contribution in [0.15, 0.2) is 60.7 Å². The van der Waals surface area contributed by atoms with E-state index in [-0.39, 0.29) is 24.6 Å². The zero-order chi connectivity index (χ0) is 15.1. The molecule has 0 aliphatic rings. The van der Waals surface area contributed by atoms with Crippen LogP contribution in [0.1, 0.15) is 36.5 Å². The number of aliphatic hydroxyl groups excluding tert-OH is 1. The number of carbonyl (C=O) groups excluding carboxylic acids is 1. The summed E-state index contributed by atoms with van der Waals surface area (Å²) in [4.78, 5) is 11.3. The highest BCUT2D eigenvalue weighted by atomic mass is 16.5. The van der Waals surface area contributed by atoms with Gasteiger partial charge in [-0.05, 0) is 17.5 Å². The Labute approximate surface area is 125 Å². The van der Waals surface area contributed by atoms with E-state index in [1.807, 2.05) is 60.7 Å². The topological polar surface area (TPSA) is 46.5 Å². The third-order valence-corrected chi connectivity index (χ3v) is 3.47. The summed E-state index contributed by atoms with van der Waals surface area (Å²) >= 11 is 0. The molecule has 3 nitrogen and oxygen atoms in total. The zero-order valence-corrected chi connectivity index (χ0v) is 12.1. The Bertz CT molecular complexity index is 551. The number of benzene rings is 2. The fraction of sp³-hybridized carbons (Fsp3) is 0.278. The van der Waals surface area contributed by atoms with Gasteiger partial charge in [0.2, 0.25) is 0 Å².